The Kier molecular flexibility index (Phi) is 6.46. The second-order valence-electron chi connectivity index (χ2n) is 5.93. The van der Waals surface area contributed by atoms with Gasteiger partial charge < -0.3 is 19.7 Å². The molecule has 0 bridgehead atoms. The zero-order valence-corrected chi connectivity index (χ0v) is 14.6. The van der Waals surface area contributed by atoms with Crippen molar-refractivity contribution < 1.29 is 19.1 Å². The molecular formula is C18H26N2O4. The number of hydrogen-bond donors (Lipinski definition) is 1. The number of amides is 2. The number of carbonyl (C=O) groups is 2. The molecule has 1 aliphatic heterocycles. The summed E-state index contributed by atoms with van der Waals surface area (Å²) in [6.45, 7) is 7.21. The molecule has 2 rings (SSSR count). The van der Waals surface area contributed by atoms with Crippen LogP contribution in [0.1, 0.15) is 39.2 Å². The molecule has 1 heterocycles. The molecule has 1 N–H and O–H groups in total. The molecule has 1 aliphatic rings. The average molecular weight is 334 g/mol. The average Bonchev–Trinajstić information content (AvgIpc) is 3.02. The van der Waals surface area contributed by atoms with E-state index >= 15 is 0 Å². The number of benzene rings is 1. The maximum Gasteiger partial charge on any atom is 0.231 e. The van der Waals surface area contributed by atoms with Crippen molar-refractivity contribution in [2.24, 2.45) is 5.92 Å². The van der Waals surface area contributed by atoms with Crippen LogP contribution in [0.3, 0.4) is 0 Å². The molecular weight excluding hydrogens is 308 g/mol. The molecule has 132 valence electrons. The second-order valence-corrected chi connectivity index (χ2v) is 5.93. The maximum absolute atomic E-state index is 12.0. The predicted octanol–water partition coefficient (Wildman–Crippen LogP) is 2.32. The lowest BCUT2D eigenvalue weighted by atomic mass is 10.0. The smallest absolute Gasteiger partial charge is 0.231 e. The Morgan fingerprint density at radius 1 is 1.21 bits per heavy atom. The van der Waals surface area contributed by atoms with Gasteiger partial charge >= 0.3 is 0 Å². The number of carbonyl (C=O) groups excluding carboxylic acids is 2. The highest BCUT2D eigenvalue weighted by Crippen LogP contribution is 2.32. The Morgan fingerprint density at radius 2 is 1.92 bits per heavy atom. The van der Waals surface area contributed by atoms with Gasteiger partial charge in [0.1, 0.15) is 0 Å². The van der Waals surface area contributed by atoms with Crippen molar-refractivity contribution >= 4 is 11.8 Å². The number of hydrogen-bond acceptors (Lipinski definition) is 4. The maximum atomic E-state index is 12.0. The number of nitrogens with zero attached hydrogens (tertiary/aromatic N) is 1. The first-order chi connectivity index (χ1) is 11.5. The highest BCUT2D eigenvalue weighted by molar-refractivity contribution is 5.78. The molecule has 0 atom stereocenters. The van der Waals surface area contributed by atoms with Crippen molar-refractivity contribution in [3.8, 4) is 11.5 Å². The molecule has 0 radical (unpaired) electrons. The number of rotatable bonds is 8. The fourth-order valence-corrected chi connectivity index (χ4v) is 2.73. The Balaban J connectivity index is 1.88. The van der Waals surface area contributed by atoms with Gasteiger partial charge in [-0.15, -0.1) is 0 Å². The first-order valence-corrected chi connectivity index (χ1v) is 8.46. The van der Waals surface area contributed by atoms with Gasteiger partial charge in [-0.25, -0.2) is 0 Å². The van der Waals surface area contributed by atoms with E-state index in [2.05, 4.69) is 5.32 Å². The van der Waals surface area contributed by atoms with Gasteiger partial charge in [0.15, 0.2) is 11.5 Å². The molecule has 0 spiro atoms. The Hall–Kier alpha value is -2.24. The van der Waals surface area contributed by atoms with E-state index in [1.807, 2.05) is 32.0 Å². The summed E-state index contributed by atoms with van der Waals surface area (Å²) in [6.07, 6.45) is 1.66. The van der Waals surface area contributed by atoms with Crippen LogP contribution in [0.5, 0.6) is 11.5 Å². The summed E-state index contributed by atoms with van der Waals surface area (Å²) < 4.78 is 10.7. The monoisotopic (exact) mass is 334 g/mol. The first kappa shape index (κ1) is 18.1. The highest BCUT2D eigenvalue weighted by atomic mass is 16.7. The van der Waals surface area contributed by atoms with Gasteiger partial charge in [-0.2, -0.15) is 0 Å². The minimum absolute atomic E-state index is 0.0237. The third-order valence-electron chi connectivity index (χ3n) is 4.29. The first-order valence-electron chi connectivity index (χ1n) is 8.46. The lowest BCUT2D eigenvalue weighted by molar-refractivity contribution is -0.130. The van der Waals surface area contributed by atoms with Gasteiger partial charge in [0.25, 0.3) is 0 Å². The highest BCUT2D eigenvalue weighted by Gasteiger charge is 2.17. The van der Waals surface area contributed by atoms with Crippen molar-refractivity contribution in [3.05, 3.63) is 23.8 Å². The van der Waals surface area contributed by atoms with Crippen LogP contribution >= 0.6 is 0 Å². The topological polar surface area (TPSA) is 67.9 Å². The molecule has 0 saturated heterocycles. The van der Waals surface area contributed by atoms with Gasteiger partial charge in [0, 0.05) is 32.5 Å². The van der Waals surface area contributed by atoms with Gasteiger partial charge in [0.2, 0.25) is 18.6 Å². The van der Waals surface area contributed by atoms with E-state index in [1.165, 1.54) is 6.92 Å². The van der Waals surface area contributed by atoms with Gasteiger partial charge in [-0.1, -0.05) is 19.9 Å². The van der Waals surface area contributed by atoms with Crippen LogP contribution in [0.15, 0.2) is 18.2 Å². The van der Waals surface area contributed by atoms with Gasteiger partial charge in [-0.05, 0) is 30.5 Å². The molecule has 6 heteroatoms. The van der Waals surface area contributed by atoms with Crippen molar-refractivity contribution in [3.63, 3.8) is 0 Å². The molecule has 0 fully saturated rings. The van der Waals surface area contributed by atoms with E-state index in [9.17, 15) is 9.59 Å². The van der Waals surface area contributed by atoms with Crippen LogP contribution in [0.25, 0.3) is 0 Å². The number of ether oxygens (including phenoxy) is 2. The summed E-state index contributed by atoms with van der Waals surface area (Å²) in [5.74, 6) is 1.52. The number of nitrogens with one attached hydrogen (secondary N) is 1. The molecule has 1 aromatic carbocycles. The minimum atomic E-state index is -0.0237. The van der Waals surface area contributed by atoms with Crippen LogP contribution in [-0.2, 0) is 16.1 Å². The SMILES string of the molecule is CCC(CC)C(=O)NCCN(Cc1ccc2c(c1)OCO2)C(C)=O. The van der Waals surface area contributed by atoms with E-state index in [4.69, 9.17) is 9.47 Å². The van der Waals surface area contributed by atoms with Crippen molar-refractivity contribution in [2.75, 3.05) is 19.9 Å². The molecule has 0 aromatic heterocycles. The predicted molar refractivity (Wildman–Crippen MR) is 90.7 cm³/mol. The van der Waals surface area contributed by atoms with Crippen molar-refractivity contribution in [1.82, 2.24) is 10.2 Å². The van der Waals surface area contributed by atoms with E-state index in [0.29, 0.717) is 25.4 Å². The van der Waals surface area contributed by atoms with Crippen LogP contribution in [0.2, 0.25) is 0 Å². The molecule has 0 aliphatic carbocycles. The van der Waals surface area contributed by atoms with Crippen LogP contribution in [0, 0.1) is 5.92 Å². The van der Waals surface area contributed by atoms with Gasteiger partial charge in [-0.3, -0.25) is 9.59 Å². The third kappa shape index (κ3) is 4.63. The fourth-order valence-electron chi connectivity index (χ4n) is 2.73. The lowest BCUT2D eigenvalue weighted by Gasteiger charge is -2.22. The molecule has 1 aromatic rings. The minimum Gasteiger partial charge on any atom is -0.454 e. The van der Waals surface area contributed by atoms with E-state index in [0.717, 1.165) is 24.2 Å². The quantitative estimate of drug-likeness (QED) is 0.792. The Morgan fingerprint density at radius 3 is 2.58 bits per heavy atom. The summed E-state index contributed by atoms with van der Waals surface area (Å²) in [4.78, 5) is 25.6. The normalized spacial score (nSPS) is 12.3. The molecule has 0 saturated carbocycles. The summed E-state index contributed by atoms with van der Waals surface area (Å²) in [6, 6.07) is 5.66. The number of fused-ring (bicyclic) bond motifs is 1. The Bertz CT molecular complexity index is 584. The summed E-state index contributed by atoms with van der Waals surface area (Å²) in [5, 5.41) is 2.92. The zero-order chi connectivity index (χ0) is 17.5. The van der Waals surface area contributed by atoms with E-state index in [-0.39, 0.29) is 24.5 Å². The zero-order valence-electron chi connectivity index (χ0n) is 14.6. The van der Waals surface area contributed by atoms with Crippen molar-refractivity contribution in [1.29, 1.82) is 0 Å². The summed E-state index contributed by atoms with van der Waals surface area (Å²) >= 11 is 0. The van der Waals surface area contributed by atoms with Crippen LogP contribution in [0.4, 0.5) is 0 Å². The molecule has 24 heavy (non-hydrogen) atoms. The van der Waals surface area contributed by atoms with E-state index < -0.39 is 0 Å². The largest absolute Gasteiger partial charge is 0.454 e. The summed E-state index contributed by atoms with van der Waals surface area (Å²) in [5.41, 5.74) is 0.973. The molecule has 6 nitrogen and oxygen atoms in total. The van der Waals surface area contributed by atoms with Gasteiger partial charge in [0.05, 0.1) is 0 Å². The van der Waals surface area contributed by atoms with E-state index in [1.54, 1.807) is 4.90 Å². The Labute approximate surface area is 143 Å². The molecule has 0 unspecified atom stereocenters. The second kappa shape index (κ2) is 8.57. The molecule has 2 amide bonds. The van der Waals surface area contributed by atoms with Crippen LogP contribution in [-0.4, -0.2) is 36.6 Å². The lowest BCUT2D eigenvalue weighted by Crippen LogP contribution is -2.39. The standard InChI is InChI=1S/C18H26N2O4/c1-4-15(5-2)18(22)19-8-9-20(13(3)21)11-14-6-7-16-17(10-14)24-12-23-16/h6-7,10,15H,4-5,8-9,11-12H2,1-3H3,(H,19,22). The summed E-state index contributed by atoms with van der Waals surface area (Å²) in [7, 11) is 0. The third-order valence-corrected chi connectivity index (χ3v) is 4.29. The fraction of sp³-hybridized carbons (Fsp3) is 0.556. The van der Waals surface area contributed by atoms with Crippen LogP contribution < -0.4 is 14.8 Å². The van der Waals surface area contributed by atoms with Crippen molar-refractivity contribution in [2.45, 2.75) is 40.2 Å².